The number of nitrogens with one attached hydrogen (secondary N) is 1. The summed E-state index contributed by atoms with van der Waals surface area (Å²) < 4.78 is 5.23. The smallest absolute Gasteiger partial charge is 0.119 e. The molecule has 21 heavy (non-hydrogen) atoms. The lowest BCUT2D eigenvalue weighted by molar-refractivity contribution is 0.415. The number of H-pyrrole nitrogens is 1. The fourth-order valence-electron chi connectivity index (χ4n) is 2.12. The molecule has 102 valence electrons. The third kappa shape index (κ3) is 2.63. The van der Waals surface area contributed by atoms with Crippen molar-refractivity contribution in [2.24, 2.45) is 0 Å². The zero-order valence-electron chi connectivity index (χ0n) is 11.5. The van der Waals surface area contributed by atoms with Crippen molar-refractivity contribution >= 4 is 0 Å². The second kappa shape index (κ2) is 5.51. The van der Waals surface area contributed by atoms with E-state index < -0.39 is 0 Å². The molecule has 0 amide bonds. The summed E-state index contributed by atoms with van der Waals surface area (Å²) in [4.78, 5) is 0. The first kappa shape index (κ1) is 12.9. The van der Waals surface area contributed by atoms with E-state index in [1.165, 1.54) is 0 Å². The van der Waals surface area contributed by atoms with E-state index in [1.54, 1.807) is 19.2 Å². The van der Waals surface area contributed by atoms with Crippen molar-refractivity contribution < 1.29 is 4.74 Å². The van der Waals surface area contributed by atoms with E-state index in [0.29, 0.717) is 5.56 Å². The van der Waals surface area contributed by atoms with Crippen LogP contribution in [0.5, 0.6) is 5.75 Å². The van der Waals surface area contributed by atoms with E-state index in [4.69, 9.17) is 10.00 Å². The number of aromatic nitrogens is 2. The molecule has 0 aliphatic rings. The first-order valence-corrected chi connectivity index (χ1v) is 6.50. The molecule has 0 radical (unpaired) electrons. The Morgan fingerprint density at radius 3 is 2.57 bits per heavy atom. The van der Waals surface area contributed by atoms with E-state index in [1.807, 2.05) is 42.5 Å². The highest BCUT2D eigenvalue weighted by molar-refractivity contribution is 5.69. The SMILES string of the molecule is COc1cccc(-c2cc(-c3ccc(C#N)cc3)n[nH]2)c1. The van der Waals surface area contributed by atoms with Gasteiger partial charge >= 0.3 is 0 Å². The Balaban J connectivity index is 1.93. The zero-order chi connectivity index (χ0) is 14.7. The number of hydrogen-bond donors (Lipinski definition) is 1. The molecule has 0 spiro atoms. The number of benzene rings is 2. The second-order valence-corrected chi connectivity index (χ2v) is 4.59. The van der Waals surface area contributed by atoms with Crippen molar-refractivity contribution in [1.29, 1.82) is 5.26 Å². The van der Waals surface area contributed by atoms with Gasteiger partial charge in [0.15, 0.2) is 0 Å². The fraction of sp³-hybridized carbons (Fsp3) is 0.0588. The second-order valence-electron chi connectivity index (χ2n) is 4.59. The monoisotopic (exact) mass is 275 g/mol. The minimum Gasteiger partial charge on any atom is -0.497 e. The topological polar surface area (TPSA) is 61.7 Å². The lowest BCUT2D eigenvalue weighted by Gasteiger charge is -2.01. The fourth-order valence-corrected chi connectivity index (χ4v) is 2.12. The van der Waals surface area contributed by atoms with E-state index in [0.717, 1.165) is 28.3 Å². The minimum absolute atomic E-state index is 0.641. The first-order chi connectivity index (χ1) is 10.3. The van der Waals surface area contributed by atoms with Crippen molar-refractivity contribution in [3.05, 3.63) is 60.2 Å². The van der Waals surface area contributed by atoms with Gasteiger partial charge in [-0.1, -0.05) is 24.3 Å². The average molecular weight is 275 g/mol. The number of nitrogens with zero attached hydrogens (tertiary/aromatic N) is 2. The standard InChI is InChI=1S/C17H13N3O/c1-21-15-4-2-3-14(9-15)17-10-16(19-20-17)13-7-5-12(11-18)6-8-13/h2-10H,1H3,(H,19,20). The Bertz CT molecular complexity index is 797. The molecule has 0 atom stereocenters. The molecule has 0 saturated carbocycles. The van der Waals surface area contributed by atoms with Crippen molar-refractivity contribution in [3.63, 3.8) is 0 Å². The van der Waals surface area contributed by atoms with Gasteiger partial charge in [-0.05, 0) is 30.3 Å². The zero-order valence-corrected chi connectivity index (χ0v) is 11.5. The number of rotatable bonds is 3. The van der Waals surface area contributed by atoms with Crippen LogP contribution < -0.4 is 4.74 Å². The van der Waals surface area contributed by atoms with Crippen LogP contribution in [0.15, 0.2) is 54.6 Å². The molecular formula is C17H13N3O. The Kier molecular flexibility index (Phi) is 3.40. The molecule has 0 saturated heterocycles. The highest BCUT2D eigenvalue weighted by Crippen LogP contribution is 2.26. The maximum absolute atomic E-state index is 8.82. The van der Waals surface area contributed by atoms with Gasteiger partial charge in [0.25, 0.3) is 0 Å². The lowest BCUT2D eigenvalue weighted by atomic mass is 10.1. The summed E-state index contributed by atoms with van der Waals surface area (Å²) >= 11 is 0. The Morgan fingerprint density at radius 1 is 1.05 bits per heavy atom. The maximum Gasteiger partial charge on any atom is 0.119 e. The van der Waals surface area contributed by atoms with Gasteiger partial charge in [-0.2, -0.15) is 10.4 Å². The van der Waals surface area contributed by atoms with Gasteiger partial charge < -0.3 is 4.74 Å². The Morgan fingerprint density at radius 2 is 1.86 bits per heavy atom. The van der Waals surface area contributed by atoms with Crippen LogP contribution >= 0.6 is 0 Å². The summed E-state index contributed by atoms with van der Waals surface area (Å²) in [7, 11) is 1.65. The van der Waals surface area contributed by atoms with Crippen LogP contribution in [-0.4, -0.2) is 17.3 Å². The predicted octanol–water partition coefficient (Wildman–Crippen LogP) is 3.62. The van der Waals surface area contributed by atoms with Gasteiger partial charge in [-0.25, -0.2) is 0 Å². The van der Waals surface area contributed by atoms with Gasteiger partial charge in [0.1, 0.15) is 5.75 Å². The van der Waals surface area contributed by atoms with Gasteiger partial charge in [-0.15, -0.1) is 0 Å². The normalized spacial score (nSPS) is 10.1. The average Bonchev–Trinajstić information content (AvgIpc) is 3.05. The molecule has 1 N–H and O–H groups in total. The molecule has 3 rings (SSSR count). The number of ether oxygens (including phenoxy) is 1. The summed E-state index contributed by atoms with van der Waals surface area (Å²) in [5.41, 5.74) is 4.40. The van der Waals surface area contributed by atoms with Crippen LogP contribution in [0.4, 0.5) is 0 Å². The Hall–Kier alpha value is -3.06. The van der Waals surface area contributed by atoms with Crippen molar-refractivity contribution in [1.82, 2.24) is 10.2 Å². The van der Waals surface area contributed by atoms with Crippen LogP contribution in [-0.2, 0) is 0 Å². The molecule has 1 aromatic heterocycles. The number of nitriles is 1. The van der Waals surface area contributed by atoms with Crippen LogP contribution in [0.3, 0.4) is 0 Å². The molecule has 0 unspecified atom stereocenters. The van der Waals surface area contributed by atoms with E-state index in [9.17, 15) is 0 Å². The highest BCUT2D eigenvalue weighted by Gasteiger charge is 2.06. The summed E-state index contributed by atoms with van der Waals surface area (Å²) in [6.07, 6.45) is 0. The van der Waals surface area contributed by atoms with Crippen LogP contribution in [0, 0.1) is 11.3 Å². The van der Waals surface area contributed by atoms with E-state index in [2.05, 4.69) is 16.3 Å². The summed E-state index contributed by atoms with van der Waals surface area (Å²) in [6.45, 7) is 0. The molecule has 0 fully saturated rings. The Labute approximate surface area is 122 Å². The quantitative estimate of drug-likeness (QED) is 0.794. The highest BCUT2D eigenvalue weighted by atomic mass is 16.5. The molecule has 4 heteroatoms. The van der Waals surface area contributed by atoms with Gasteiger partial charge in [0, 0.05) is 11.1 Å². The largest absolute Gasteiger partial charge is 0.497 e. The van der Waals surface area contributed by atoms with Crippen molar-refractivity contribution in [2.45, 2.75) is 0 Å². The summed E-state index contributed by atoms with van der Waals surface area (Å²) in [5, 5.41) is 16.2. The molecule has 0 aliphatic heterocycles. The third-order valence-corrected chi connectivity index (χ3v) is 3.27. The number of methoxy groups -OCH3 is 1. The number of hydrogen-bond acceptors (Lipinski definition) is 3. The third-order valence-electron chi connectivity index (χ3n) is 3.27. The van der Waals surface area contributed by atoms with Gasteiger partial charge in [0.2, 0.25) is 0 Å². The van der Waals surface area contributed by atoms with Gasteiger partial charge in [0.05, 0.1) is 30.1 Å². The first-order valence-electron chi connectivity index (χ1n) is 6.50. The minimum atomic E-state index is 0.641. The lowest BCUT2D eigenvalue weighted by Crippen LogP contribution is -1.83. The van der Waals surface area contributed by atoms with E-state index in [-0.39, 0.29) is 0 Å². The van der Waals surface area contributed by atoms with Crippen molar-refractivity contribution in [2.75, 3.05) is 7.11 Å². The molecular weight excluding hydrogens is 262 g/mol. The van der Waals surface area contributed by atoms with Crippen LogP contribution in [0.2, 0.25) is 0 Å². The van der Waals surface area contributed by atoms with Crippen LogP contribution in [0.1, 0.15) is 5.56 Å². The summed E-state index contributed by atoms with van der Waals surface area (Å²) in [5.74, 6) is 0.807. The van der Waals surface area contributed by atoms with E-state index >= 15 is 0 Å². The molecule has 3 aromatic rings. The molecule has 2 aromatic carbocycles. The molecule has 4 nitrogen and oxygen atoms in total. The molecule has 0 bridgehead atoms. The van der Waals surface area contributed by atoms with Crippen LogP contribution in [0.25, 0.3) is 22.5 Å². The number of aromatic amines is 1. The molecule has 0 aliphatic carbocycles. The van der Waals surface area contributed by atoms with Gasteiger partial charge in [-0.3, -0.25) is 5.10 Å². The summed E-state index contributed by atoms with van der Waals surface area (Å²) in [6, 6.07) is 19.2. The maximum atomic E-state index is 8.82. The predicted molar refractivity (Wildman–Crippen MR) is 80.7 cm³/mol. The van der Waals surface area contributed by atoms with Crippen molar-refractivity contribution in [3.8, 4) is 34.3 Å². The molecule has 1 heterocycles.